The first kappa shape index (κ1) is 19.2. The minimum absolute atomic E-state index is 0.894. The van der Waals surface area contributed by atoms with E-state index < -0.39 is 0 Å². The van der Waals surface area contributed by atoms with Crippen LogP contribution in [0, 0.1) is 6.61 Å². The Balaban J connectivity index is 1.73. The molecule has 0 heterocycles. The van der Waals surface area contributed by atoms with Gasteiger partial charge in [-0.05, 0) is 24.8 Å². The first-order valence-corrected chi connectivity index (χ1v) is 9.40. The lowest BCUT2D eigenvalue weighted by Gasteiger charge is -2.04. The highest BCUT2D eigenvalue weighted by Gasteiger charge is 1.95. The second-order valence-corrected chi connectivity index (χ2v) is 6.24. The van der Waals surface area contributed by atoms with E-state index in [4.69, 9.17) is 4.74 Å². The van der Waals surface area contributed by atoms with Crippen molar-refractivity contribution in [2.45, 2.75) is 84.0 Å². The first-order valence-electron chi connectivity index (χ1n) is 9.40. The standard InChI is InChI=1S/C21H35O/c1-2-3-4-5-6-7-8-9-10-14-19-22-20-15-18-21-16-12-11-13-17-21/h11-13,16-17,20H,2-10,14-15,18-19H2,1H3. The molecule has 0 aliphatic rings. The number of benzene rings is 1. The Hall–Kier alpha value is -0.820. The molecule has 22 heavy (non-hydrogen) atoms. The zero-order valence-corrected chi connectivity index (χ0v) is 14.6. The SMILES string of the molecule is CCCCCCCCCCCCO[CH]CCc1ccccc1. The van der Waals surface area contributed by atoms with Crippen molar-refractivity contribution in [3.63, 3.8) is 0 Å². The molecule has 0 fully saturated rings. The van der Waals surface area contributed by atoms with Gasteiger partial charge in [-0.25, -0.2) is 0 Å². The molecule has 0 spiro atoms. The van der Waals surface area contributed by atoms with Gasteiger partial charge in [0.25, 0.3) is 0 Å². The van der Waals surface area contributed by atoms with E-state index in [0.717, 1.165) is 19.4 Å². The lowest BCUT2D eigenvalue weighted by Crippen LogP contribution is -1.94. The predicted octanol–water partition coefficient (Wildman–Crippen LogP) is 6.72. The van der Waals surface area contributed by atoms with Crippen LogP contribution < -0.4 is 0 Å². The molecular weight excluding hydrogens is 268 g/mol. The monoisotopic (exact) mass is 303 g/mol. The van der Waals surface area contributed by atoms with Gasteiger partial charge in [-0.2, -0.15) is 0 Å². The summed E-state index contributed by atoms with van der Waals surface area (Å²) in [6, 6.07) is 10.6. The van der Waals surface area contributed by atoms with E-state index in [-0.39, 0.29) is 0 Å². The number of rotatable bonds is 15. The summed E-state index contributed by atoms with van der Waals surface area (Å²) in [7, 11) is 0. The van der Waals surface area contributed by atoms with Gasteiger partial charge in [0, 0.05) is 6.61 Å². The van der Waals surface area contributed by atoms with Crippen LogP contribution in [0.1, 0.15) is 83.1 Å². The molecule has 0 aliphatic carbocycles. The van der Waals surface area contributed by atoms with Crippen LogP contribution in [0.3, 0.4) is 0 Å². The van der Waals surface area contributed by atoms with E-state index in [1.54, 1.807) is 0 Å². The van der Waals surface area contributed by atoms with E-state index in [1.165, 1.54) is 69.8 Å². The van der Waals surface area contributed by atoms with Crippen molar-refractivity contribution in [3.8, 4) is 0 Å². The average Bonchev–Trinajstić information content (AvgIpc) is 2.56. The molecule has 0 amide bonds. The van der Waals surface area contributed by atoms with E-state index in [9.17, 15) is 0 Å². The minimum atomic E-state index is 0.894. The Morgan fingerprint density at radius 3 is 2.00 bits per heavy atom. The highest BCUT2D eigenvalue weighted by atomic mass is 16.5. The number of hydrogen-bond donors (Lipinski definition) is 0. The van der Waals surface area contributed by atoms with Gasteiger partial charge < -0.3 is 4.74 Å². The number of hydrogen-bond acceptors (Lipinski definition) is 1. The van der Waals surface area contributed by atoms with E-state index >= 15 is 0 Å². The van der Waals surface area contributed by atoms with Crippen molar-refractivity contribution in [1.82, 2.24) is 0 Å². The third kappa shape index (κ3) is 11.8. The van der Waals surface area contributed by atoms with Gasteiger partial charge in [0.05, 0.1) is 6.61 Å². The first-order chi connectivity index (χ1) is 10.9. The second-order valence-electron chi connectivity index (χ2n) is 6.24. The molecule has 1 aromatic carbocycles. The largest absolute Gasteiger partial charge is 0.376 e. The van der Waals surface area contributed by atoms with Crippen LogP contribution in [0.15, 0.2) is 30.3 Å². The highest BCUT2D eigenvalue weighted by molar-refractivity contribution is 5.14. The summed E-state index contributed by atoms with van der Waals surface area (Å²) < 4.78 is 5.60. The molecule has 1 aromatic rings. The number of unbranched alkanes of at least 4 members (excludes halogenated alkanes) is 9. The summed E-state index contributed by atoms with van der Waals surface area (Å²) in [5.41, 5.74) is 1.39. The van der Waals surface area contributed by atoms with Crippen molar-refractivity contribution < 1.29 is 4.74 Å². The van der Waals surface area contributed by atoms with E-state index in [1.807, 2.05) is 6.61 Å². The molecule has 0 aliphatic heterocycles. The van der Waals surface area contributed by atoms with Crippen LogP contribution in [-0.4, -0.2) is 6.61 Å². The third-order valence-corrected chi connectivity index (χ3v) is 4.13. The van der Waals surface area contributed by atoms with Gasteiger partial charge >= 0.3 is 0 Å². The van der Waals surface area contributed by atoms with Crippen LogP contribution in [0.2, 0.25) is 0 Å². The Morgan fingerprint density at radius 1 is 0.773 bits per heavy atom. The number of aryl methyl sites for hydroxylation is 1. The van der Waals surface area contributed by atoms with Gasteiger partial charge in [0.15, 0.2) is 0 Å². The van der Waals surface area contributed by atoms with Crippen molar-refractivity contribution in [1.29, 1.82) is 0 Å². The molecule has 1 nitrogen and oxygen atoms in total. The molecule has 0 aromatic heterocycles. The van der Waals surface area contributed by atoms with Crippen LogP contribution in [0.4, 0.5) is 0 Å². The van der Waals surface area contributed by atoms with Crippen molar-refractivity contribution in [2.24, 2.45) is 0 Å². The smallest absolute Gasteiger partial charge is 0.0839 e. The zero-order valence-electron chi connectivity index (χ0n) is 14.6. The normalized spacial score (nSPS) is 11.0. The minimum Gasteiger partial charge on any atom is -0.376 e. The van der Waals surface area contributed by atoms with Crippen LogP contribution >= 0.6 is 0 Å². The summed E-state index contributed by atoms with van der Waals surface area (Å²) in [5.74, 6) is 0. The maximum absolute atomic E-state index is 5.60. The highest BCUT2D eigenvalue weighted by Crippen LogP contribution is 2.11. The lowest BCUT2D eigenvalue weighted by atomic mass is 10.1. The van der Waals surface area contributed by atoms with Crippen molar-refractivity contribution in [3.05, 3.63) is 42.5 Å². The fraction of sp³-hybridized carbons (Fsp3) is 0.667. The molecule has 1 rings (SSSR count). The maximum Gasteiger partial charge on any atom is 0.0839 e. The van der Waals surface area contributed by atoms with Gasteiger partial charge in [0.1, 0.15) is 0 Å². The molecule has 1 heteroatoms. The summed E-state index contributed by atoms with van der Waals surface area (Å²) in [6.45, 7) is 5.16. The van der Waals surface area contributed by atoms with E-state index in [2.05, 4.69) is 37.3 Å². The van der Waals surface area contributed by atoms with Gasteiger partial charge in [-0.15, -0.1) is 0 Å². The quantitative estimate of drug-likeness (QED) is 0.327. The molecule has 0 atom stereocenters. The Kier molecular flexibility index (Phi) is 13.2. The molecule has 125 valence electrons. The van der Waals surface area contributed by atoms with Gasteiger partial charge in [0.2, 0.25) is 0 Å². The molecule has 0 N–H and O–H groups in total. The average molecular weight is 304 g/mol. The maximum atomic E-state index is 5.60. The Bertz CT molecular complexity index is 320. The summed E-state index contributed by atoms with van der Waals surface area (Å²) in [6.07, 6.45) is 15.9. The van der Waals surface area contributed by atoms with Crippen molar-refractivity contribution >= 4 is 0 Å². The van der Waals surface area contributed by atoms with Crippen molar-refractivity contribution in [2.75, 3.05) is 6.61 Å². The summed E-state index contributed by atoms with van der Waals surface area (Å²) in [4.78, 5) is 0. The van der Waals surface area contributed by atoms with E-state index in [0.29, 0.717) is 0 Å². The van der Waals surface area contributed by atoms with Crippen LogP contribution in [-0.2, 0) is 11.2 Å². The fourth-order valence-electron chi connectivity index (χ4n) is 2.71. The van der Waals surface area contributed by atoms with Gasteiger partial charge in [-0.3, -0.25) is 0 Å². The zero-order chi connectivity index (χ0) is 15.7. The fourth-order valence-corrected chi connectivity index (χ4v) is 2.71. The topological polar surface area (TPSA) is 9.23 Å². The Morgan fingerprint density at radius 2 is 1.36 bits per heavy atom. The number of ether oxygens (including phenoxy) is 1. The molecular formula is C21H35O. The third-order valence-electron chi connectivity index (χ3n) is 4.13. The summed E-state index contributed by atoms with van der Waals surface area (Å²) in [5, 5.41) is 0. The molecule has 0 saturated carbocycles. The van der Waals surface area contributed by atoms with Crippen LogP contribution in [0.5, 0.6) is 0 Å². The molecule has 1 radical (unpaired) electrons. The van der Waals surface area contributed by atoms with Gasteiger partial charge in [-0.1, -0.05) is 95.0 Å². The Labute approximate surface area is 138 Å². The van der Waals surface area contributed by atoms with Crippen LogP contribution in [0.25, 0.3) is 0 Å². The predicted molar refractivity (Wildman–Crippen MR) is 96.9 cm³/mol. The summed E-state index contributed by atoms with van der Waals surface area (Å²) >= 11 is 0. The molecule has 0 bridgehead atoms. The molecule has 0 saturated heterocycles. The molecule has 0 unspecified atom stereocenters. The second kappa shape index (κ2) is 15.1. The lowest BCUT2D eigenvalue weighted by molar-refractivity contribution is 0.185.